The van der Waals surface area contributed by atoms with Gasteiger partial charge in [0.25, 0.3) is 12.3 Å². The molecule has 2 aromatic rings. The molecule has 1 aromatic carbocycles. The maximum Gasteiger partial charge on any atom is 0.405 e. The van der Waals surface area contributed by atoms with Crippen LogP contribution in [0.5, 0.6) is 17.5 Å². The van der Waals surface area contributed by atoms with E-state index in [4.69, 9.17) is 14.2 Å². The van der Waals surface area contributed by atoms with Gasteiger partial charge in [0.15, 0.2) is 4.75 Å². The van der Waals surface area contributed by atoms with E-state index < -0.39 is 80.6 Å². The molecule has 2 aliphatic carbocycles. The van der Waals surface area contributed by atoms with Crippen molar-refractivity contribution in [1.29, 1.82) is 0 Å². The number of sulfonamides is 1. The van der Waals surface area contributed by atoms with Gasteiger partial charge >= 0.3 is 6.09 Å². The number of ether oxygens (including phenoxy) is 3. The summed E-state index contributed by atoms with van der Waals surface area (Å²) < 4.78 is 70.3. The molecule has 0 bridgehead atoms. The molecule has 4 N–H and O–H groups in total. The van der Waals surface area contributed by atoms with Crippen LogP contribution in [0, 0.1) is 17.8 Å². The zero-order chi connectivity index (χ0) is 39.2. The lowest BCUT2D eigenvalue weighted by Gasteiger charge is -2.32. The zero-order valence-electron chi connectivity index (χ0n) is 30.3. The predicted molar refractivity (Wildman–Crippen MR) is 190 cm³/mol. The van der Waals surface area contributed by atoms with E-state index in [1.807, 2.05) is 17.7 Å². The van der Waals surface area contributed by atoms with Crippen LogP contribution in [0.4, 0.5) is 13.6 Å². The number of hydrogen-bond acceptors (Lipinski definition) is 10. The minimum Gasteiger partial charge on any atom is -0.497 e. The number of carboxylic acid groups (broad SMARTS) is 1. The van der Waals surface area contributed by atoms with Gasteiger partial charge in [-0.15, -0.1) is 0 Å². The average molecular weight is 778 g/mol. The highest BCUT2D eigenvalue weighted by molar-refractivity contribution is 7.91. The number of nitrogens with zero attached hydrogens (tertiary/aromatic N) is 2. The Morgan fingerprint density at radius 1 is 1.11 bits per heavy atom. The summed E-state index contributed by atoms with van der Waals surface area (Å²) in [5, 5.41) is 16.0. The monoisotopic (exact) mass is 777 g/mol. The molecule has 1 aromatic heterocycles. The summed E-state index contributed by atoms with van der Waals surface area (Å²) in [5.74, 6) is -2.86. The van der Waals surface area contributed by atoms with E-state index in [1.54, 1.807) is 37.3 Å². The number of benzene rings is 1. The van der Waals surface area contributed by atoms with Gasteiger partial charge in [-0.3, -0.25) is 19.1 Å². The number of methoxy groups -OCH3 is 2. The van der Waals surface area contributed by atoms with E-state index in [0.29, 0.717) is 35.8 Å². The molecule has 0 unspecified atom stereocenters. The van der Waals surface area contributed by atoms with Crippen molar-refractivity contribution in [2.24, 2.45) is 17.8 Å². The standard InChI is InChI=1S/C36H45F2N5O10S/c1-19-7-5-6-8-22-17-36(22,33(46)42-54(49,50)35(11-12-35)32(37)38)41-29(44)26-16-24(18-43(26)31(45)28(20(2)13-19)40-34(47)48)53-30-25-10-9-23(51-3)14-21(25)15-27(39-30)52-4/h6,8-10,14-15,19-20,22,24,26,28,32,40H,5,7,11-13,16-18H2,1-4H3,(H,41,44)(H,42,46)(H,47,48)/t19-,20-,22-,24-,26+,28+,36-/m1/s1. The van der Waals surface area contributed by atoms with Gasteiger partial charge in [0, 0.05) is 23.8 Å². The number of aromatic nitrogens is 1. The van der Waals surface area contributed by atoms with E-state index in [2.05, 4.69) is 15.6 Å². The van der Waals surface area contributed by atoms with Crippen LogP contribution in [0.3, 0.4) is 0 Å². The van der Waals surface area contributed by atoms with Gasteiger partial charge in [0.05, 0.1) is 20.8 Å². The highest BCUT2D eigenvalue weighted by Gasteiger charge is 2.66. The van der Waals surface area contributed by atoms with E-state index >= 15 is 0 Å². The van der Waals surface area contributed by atoms with Crippen molar-refractivity contribution < 1.29 is 55.7 Å². The topological polar surface area (TPSA) is 203 Å². The smallest absolute Gasteiger partial charge is 0.405 e. The first-order valence-corrected chi connectivity index (χ1v) is 19.4. The van der Waals surface area contributed by atoms with Crippen molar-refractivity contribution >= 4 is 44.6 Å². The fraction of sp³-hybridized carbons (Fsp3) is 0.583. The molecule has 3 fully saturated rings. The average Bonchev–Trinajstić information content (AvgIpc) is 4.03. The van der Waals surface area contributed by atoms with Gasteiger partial charge in [-0.25, -0.2) is 22.0 Å². The Labute approximate surface area is 311 Å². The molecule has 15 nitrogen and oxygen atoms in total. The van der Waals surface area contributed by atoms with Crippen molar-refractivity contribution in [3.05, 3.63) is 36.4 Å². The summed E-state index contributed by atoms with van der Waals surface area (Å²) >= 11 is 0. The second kappa shape index (κ2) is 14.8. The van der Waals surface area contributed by atoms with Crippen LogP contribution >= 0.6 is 0 Å². The first-order valence-electron chi connectivity index (χ1n) is 17.9. The van der Waals surface area contributed by atoms with Crippen molar-refractivity contribution in [2.75, 3.05) is 20.8 Å². The predicted octanol–water partition coefficient (Wildman–Crippen LogP) is 3.37. The Balaban J connectivity index is 1.35. The molecule has 7 atom stereocenters. The molecule has 1 saturated heterocycles. The number of nitrogens with one attached hydrogen (secondary N) is 3. The second-order valence-corrected chi connectivity index (χ2v) is 16.9. The summed E-state index contributed by atoms with van der Waals surface area (Å²) in [7, 11) is -1.87. The van der Waals surface area contributed by atoms with Crippen LogP contribution in [-0.2, 0) is 24.4 Å². The Morgan fingerprint density at radius 2 is 1.85 bits per heavy atom. The van der Waals surface area contributed by atoms with Crippen molar-refractivity contribution in [2.45, 2.75) is 93.7 Å². The molecule has 0 radical (unpaired) electrons. The van der Waals surface area contributed by atoms with Gasteiger partial charge in [-0.1, -0.05) is 26.0 Å². The second-order valence-electron chi connectivity index (χ2n) is 14.9. The molecular formula is C36H45F2N5O10S. The van der Waals surface area contributed by atoms with Gasteiger partial charge < -0.3 is 34.9 Å². The number of allylic oxidation sites excluding steroid dienone is 1. The molecular weight excluding hydrogens is 732 g/mol. The Bertz CT molecular complexity index is 1950. The maximum atomic E-state index is 14.4. The van der Waals surface area contributed by atoms with Crippen LogP contribution in [0.2, 0.25) is 0 Å². The molecule has 6 rings (SSSR count). The fourth-order valence-electron chi connectivity index (χ4n) is 7.65. The van der Waals surface area contributed by atoms with Crippen molar-refractivity contribution in [3.63, 3.8) is 0 Å². The van der Waals surface area contributed by atoms with E-state index in [0.717, 1.165) is 0 Å². The Kier molecular flexibility index (Phi) is 10.7. The third kappa shape index (κ3) is 7.48. The van der Waals surface area contributed by atoms with E-state index in [9.17, 15) is 41.5 Å². The molecule has 4 aliphatic rings. The third-order valence-corrected chi connectivity index (χ3v) is 13.2. The van der Waals surface area contributed by atoms with Gasteiger partial charge in [-0.2, -0.15) is 4.98 Å². The Hall–Kier alpha value is -4.74. The molecule has 2 aliphatic heterocycles. The SMILES string of the molecule is COc1ccc2c(O[C@@H]3C[C@H]4C(=O)N[C@]5(C(=O)NS(=O)(=O)C6(C(F)F)CC6)C[C@H]5C=CCC[C@@H](C)C[C@@H](C)[C@H](NC(=O)O)C(=O)N4C3)nc(OC)cc2c1. The van der Waals surface area contributed by atoms with Crippen LogP contribution in [0.15, 0.2) is 36.4 Å². The molecule has 3 heterocycles. The number of hydrogen-bond donors (Lipinski definition) is 4. The summed E-state index contributed by atoms with van der Waals surface area (Å²) in [6, 6.07) is 4.32. The van der Waals surface area contributed by atoms with Crippen LogP contribution in [0.1, 0.15) is 58.8 Å². The number of pyridine rings is 1. The summed E-state index contributed by atoms with van der Waals surface area (Å²) in [6.45, 7) is 3.54. The number of halogens is 2. The van der Waals surface area contributed by atoms with Gasteiger partial charge in [-0.05, 0) is 73.9 Å². The highest BCUT2D eigenvalue weighted by Crippen LogP contribution is 2.50. The lowest BCUT2D eigenvalue weighted by Crippen LogP contribution is -2.59. The van der Waals surface area contributed by atoms with Crippen LogP contribution in [0.25, 0.3) is 10.8 Å². The number of fused-ring (bicyclic) bond motifs is 3. The van der Waals surface area contributed by atoms with Crippen molar-refractivity contribution in [3.8, 4) is 17.5 Å². The lowest BCUT2D eigenvalue weighted by molar-refractivity contribution is -0.142. The first kappa shape index (κ1) is 39.0. The minimum absolute atomic E-state index is 0.0160. The number of carbonyl (C=O) groups is 4. The molecule has 2 saturated carbocycles. The first-order chi connectivity index (χ1) is 25.5. The largest absolute Gasteiger partial charge is 0.497 e. The fourth-order valence-corrected chi connectivity index (χ4v) is 9.15. The number of alkyl halides is 2. The normalized spacial score (nSPS) is 29.6. The number of carbonyl (C=O) groups excluding carboxylic acids is 3. The van der Waals surface area contributed by atoms with Crippen LogP contribution < -0.4 is 29.6 Å². The molecule has 54 heavy (non-hydrogen) atoms. The number of amides is 4. The summed E-state index contributed by atoms with van der Waals surface area (Å²) in [5.41, 5.74) is -1.81. The van der Waals surface area contributed by atoms with Gasteiger partial charge in [0.2, 0.25) is 33.6 Å². The minimum atomic E-state index is -4.82. The Morgan fingerprint density at radius 3 is 2.50 bits per heavy atom. The van der Waals surface area contributed by atoms with E-state index in [1.165, 1.54) is 19.1 Å². The highest BCUT2D eigenvalue weighted by atomic mass is 32.2. The molecule has 0 spiro atoms. The molecule has 4 amide bonds. The molecule has 18 heteroatoms. The zero-order valence-corrected chi connectivity index (χ0v) is 31.2. The molecule has 294 valence electrons. The lowest BCUT2D eigenvalue weighted by atomic mass is 9.88. The van der Waals surface area contributed by atoms with Gasteiger partial charge in [0.1, 0.15) is 29.5 Å². The van der Waals surface area contributed by atoms with Crippen molar-refractivity contribution in [1.82, 2.24) is 25.2 Å². The summed E-state index contributed by atoms with van der Waals surface area (Å²) in [6.07, 6.45) is -1.11. The van der Waals surface area contributed by atoms with Crippen LogP contribution in [-0.4, -0.2) is 103 Å². The quantitative estimate of drug-likeness (QED) is 0.272. The summed E-state index contributed by atoms with van der Waals surface area (Å²) in [4.78, 5) is 60.2. The third-order valence-electron chi connectivity index (χ3n) is 11.1. The number of rotatable bonds is 9. The maximum absolute atomic E-state index is 14.4. The van der Waals surface area contributed by atoms with E-state index in [-0.39, 0.29) is 49.9 Å².